The van der Waals surface area contributed by atoms with Crippen molar-refractivity contribution in [2.24, 2.45) is 0 Å². The number of ether oxygens (including phenoxy) is 1. The molecule has 6 heteroatoms. The van der Waals surface area contributed by atoms with Crippen molar-refractivity contribution in [1.82, 2.24) is 4.90 Å². The van der Waals surface area contributed by atoms with Crippen LogP contribution in [0.2, 0.25) is 0 Å². The van der Waals surface area contributed by atoms with Crippen molar-refractivity contribution in [2.75, 3.05) is 25.0 Å². The summed E-state index contributed by atoms with van der Waals surface area (Å²) < 4.78 is 18.5. The molecule has 1 amide bonds. The van der Waals surface area contributed by atoms with Gasteiger partial charge in [-0.1, -0.05) is 36.4 Å². The molecule has 1 saturated heterocycles. The fraction of sp³-hybridized carbons (Fsp3) is 0.350. The lowest BCUT2D eigenvalue weighted by Crippen LogP contribution is -2.50. The molecule has 1 aliphatic heterocycles. The maximum atomic E-state index is 13.2. The number of nitrogens with zero attached hydrogens (tertiary/aromatic N) is 1. The lowest BCUT2D eigenvalue weighted by Gasteiger charge is -2.37. The van der Waals surface area contributed by atoms with Crippen molar-refractivity contribution in [3.05, 3.63) is 66.0 Å². The van der Waals surface area contributed by atoms with E-state index in [-0.39, 0.29) is 18.5 Å². The van der Waals surface area contributed by atoms with E-state index in [0.29, 0.717) is 38.2 Å². The molecule has 0 atom stereocenters. The van der Waals surface area contributed by atoms with Crippen LogP contribution in [0.4, 0.5) is 14.9 Å². The molecule has 1 fully saturated rings. The number of carbonyl (C=O) groups excluding carboxylic acids is 1. The van der Waals surface area contributed by atoms with Gasteiger partial charge in [0.25, 0.3) is 0 Å². The summed E-state index contributed by atoms with van der Waals surface area (Å²) in [7, 11) is 0. The molecule has 26 heavy (non-hydrogen) atoms. The Kier molecular flexibility index (Phi) is 5.73. The zero-order valence-corrected chi connectivity index (χ0v) is 14.5. The molecule has 138 valence electrons. The van der Waals surface area contributed by atoms with E-state index in [1.165, 1.54) is 12.1 Å². The SMILES string of the molecule is O=C(OCc1ccccc1)N1CCC(O)(CNc2cccc(F)c2)CC1. The van der Waals surface area contributed by atoms with Gasteiger partial charge in [-0.3, -0.25) is 0 Å². The number of rotatable bonds is 5. The summed E-state index contributed by atoms with van der Waals surface area (Å²) in [4.78, 5) is 13.8. The van der Waals surface area contributed by atoms with Crippen LogP contribution in [0.25, 0.3) is 0 Å². The average Bonchev–Trinajstić information content (AvgIpc) is 2.66. The van der Waals surface area contributed by atoms with Gasteiger partial charge in [0.2, 0.25) is 0 Å². The van der Waals surface area contributed by atoms with Crippen LogP contribution < -0.4 is 5.32 Å². The van der Waals surface area contributed by atoms with Gasteiger partial charge in [-0.05, 0) is 36.6 Å². The second-order valence-electron chi connectivity index (χ2n) is 6.62. The molecule has 0 saturated carbocycles. The molecule has 0 spiro atoms. The number of nitrogens with one attached hydrogen (secondary N) is 1. The summed E-state index contributed by atoms with van der Waals surface area (Å²) in [5.41, 5.74) is 0.638. The molecule has 5 nitrogen and oxygen atoms in total. The number of carbonyl (C=O) groups is 1. The molecule has 3 rings (SSSR count). The molecule has 0 aliphatic carbocycles. The summed E-state index contributed by atoms with van der Waals surface area (Å²) in [6, 6.07) is 15.6. The number of benzene rings is 2. The molecule has 0 aromatic heterocycles. The smallest absolute Gasteiger partial charge is 0.410 e. The minimum Gasteiger partial charge on any atom is -0.445 e. The second kappa shape index (κ2) is 8.19. The van der Waals surface area contributed by atoms with Crippen LogP contribution in [0.5, 0.6) is 0 Å². The van der Waals surface area contributed by atoms with Crippen LogP contribution in [-0.4, -0.2) is 41.3 Å². The van der Waals surface area contributed by atoms with Gasteiger partial charge < -0.3 is 20.1 Å². The summed E-state index contributed by atoms with van der Waals surface area (Å²) >= 11 is 0. The van der Waals surface area contributed by atoms with Gasteiger partial charge in [-0.25, -0.2) is 9.18 Å². The molecule has 1 aliphatic rings. The maximum absolute atomic E-state index is 13.2. The maximum Gasteiger partial charge on any atom is 0.410 e. The minimum absolute atomic E-state index is 0.238. The predicted molar refractivity (Wildman–Crippen MR) is 97.3 cm³/mol. The van der Waals surface area contributed by atoms with Crippen LogP contribution in [0.15, 0.2) is 54.6 Å². The van der Waals surface area contributed by atoms with Crippen LogP contribution in [0.1, 0.15) is 18.4 Å². The Labute approximate surface area is 152 Å². The van der Waals surface area contributed by atoms with Gasteiger partial charge in [0, 0.05) is 25.3 Å². The largest absolute Gasteiger partial charge is 0.445 e. The van der Waals surface area contributed by atoms with E-state index in [1.807, 2.05) is 30.3 Å². The summed E-state index contributed by atoms with van der Waals surface area (Å²) in [5, 5.41) is 13.7. The zero-order chi connectivity index (χ0) is 18.4. The lowest BCUT2D eigenvalue weighted by atomic mass is 9.91. The second-order valence-corrected chi connectivity index (χ2v) is 6.62. The molecule has 2 aromatic rings. The number of hydrogen-bond donors (Lipinski definition) is 2. The van der Waals surface area contributed by atoms with Gasteiger partial charge in [-0.15, -0.1) is 0 Å². The molecule has 0 radical (unpaired) electrons. The Bertz CT molecular complexity index is 731. The van der Waals surface area contributed by atoms with E-state index >= 15 is 0 Å². The number of likely N-dealkylation sites (tertiary alicyclic amines) is 1. The Hall–Kier alpha value is -2.60. The first kappa shape index (κ1) is 18.2. The first-order valence-electron chi connectivity index (χ1n) is 8.72. The molecular weight excluding hydrogens is 335 g/mol. The number of hydrogen-bond acceptors (Lipinski definition) is 4. The minimum atomic E-state index is -0.928. The highest BCUT2D eigenvalue weighted by atomic mass is 19.1. The number of aliphatic hydroxyl groups is 1. The summed E-state index contributed by atoms with van der Waals surface area (Å²) in [5.74, 6) is -0.321. The van der Waals surface area contributed by atoms with E-state index in [0.717, 1.165) is 5.56 Å². The van der Waals surface area contributed by atoms with E-state index < -0.39 is 5.60 Å². The molecule has 2 aromatic carbocycles. The van der Waals surface area contributed by atoms with Crippen LogP contribution in [0.3, 0.4) is 0 Å². The molecule has 0 bridgehead atoms. The highest BCUT2D eigenvalue weighted by Crippen LogP contribution is 2.24. The third-order valence-electron chi connectivity index (χ3n) is 4.60. The first-order valence-corrected chi connectivity index (χ1v) is 8.72. The highest BCUT2D eigenvalue weighted by Gasteiger charge is 2.34. The number of anilines is 1. The fourth-order valence-electron chi connectivity index (χ4n) is 2.96. The van der Waals surface area contributed by atoms with E-state index in [9.17, 15) is 14.3 Å². The van der Waals surface area contributed by atoms with Gasteiger partial charge in [0.05, 0.1) is 5.60 Å². The normalized spacial score (nSPS) is 16.2. The topological polar surface area (TPSA) is 61.8 Å². The highest BCUT2D eigenvalue weighted by molar-refractivity contribution is 5.67. The average molecular weight is 358 g/mol. The third-order valence-corrected chi connectivity index (χ3v) is 4.60. The molecule has 0 unspecified atom stereocenters. The Balaban J connectivity index is 1.44. The van der Waals surface area contributed by atoms with Crippen molar-refractivity contribution < 1.29 is 19.0 Å². The van der Waals surface area contributed by atoms with E-state index in [2.05, 4.69) is 5.32 Å². The van der Waals surface area contributed by atoms with Crippen molar-refractivity contribution in [1.29, 1.82) is 0 Å². The van der Waals surface area contributed by atoms with Crippen LogP contribution >= 0.6 is 0 Å². The summed E-state index contributed by atoms with van der Waals surface area (Å²) in [6.45, 7) is 1.40. The number of piperidine rings is 1. The van der Waals surface area contributed by atoms with Crippen molar-refractivity contribution in [3.8, 4) is 0 Å². The van der Waals surface area contributed by atoms with E-state index in [4.69, 9.17) is 4.74 Å². The summed E-state index contributed by atoms with van der Waals surface area (Å²) in [6.07, 6.45) is 0.514. The zero-order valence-electron chi connectivity index (χ0n) is 14.5. The third kappa shape index (κ3) is 4.95. The van der Waals surface area contributed by atoms with Crippen molar-refractivity contribution in [2.45, 2.75) is 25.0 Å². The van der Waals surface area contributed by atoms with Gasteiger partial charge in [0.1, 0.15) is 12.4 Å². The first-order chi connectivity index (χ1) is 12.5. The molecular formula is C20H23FN2O3. The van der Waals surface area contributed by atoms with Crippen LogP contribution in [-0.2, 0) is 11.3 Å². The van der Waals surface area contributed by atoms with Gasteiger partial charge in [-0.2, -0.15) is 0 Å². The van der Waals surface area contributed by atoms with E-state index in [1.54, 1.807) is 17.0 Å². The predicted octanol–water partition coefficient (Wildman–Crippen LogP) is 3.40. The number of halogens is 1. The lowest BCUT2D eigenvalue weighted by molar-refractivity contribution is -0.0110. The monoisotopic (exact) mass is 358 g/mol. The molecule has 1 heterocycles. The fourth-order valence-corrected chi connectivity index (χ4v) is 2.96. The quantitative estimate of drug-likeness (QED) is 0.860. The number of amides is 1. The standard InChI is InChI=1S/C20H23FN2O3/c21-17-7-4-8-18(13-17)22-15-20(25)9-11-23(12-10-20)19(24)26-14-16-5-2-1-3-6-16/h1-8,13,22,25H,9-12,14-15H2. The Morgan fingerprint density at radius 1 is 1.15 bits per heavy atom. The van der Waals surface area contributed by atoms with Crippen LogP contribution in [0, 0.1) is 5.82 Å². The Morgan fingerprint density at radius 2 is 1.88 bits per heavy atom. The Morgan fingerprint density at radius 3 is 2.58 bits per heavy atom. The molecule has 2 N–H and O–H groups in total. The van der Waals surface area contributed by atoms with Gasteiger partial charge in [0.15, 0.2) is 0 Å². The van der Waals surface area contributed by atoms with Gasteiger partial charge >= 0.3 is 6.09 Å². The van der Waals surface area contributed by atoms with Crippen molar-refractivity contribution >= 4 is 11.8 Å². The van der Waals surface area contributed by atoms with Crippen molar-refractivity contribution in [3.63, 3.8) is 0 Å².